The molecular weight excluding hydrogens is 1350 g/mol. The molecule has 0 aromatic heterocycles. The molecule has 0 radical (unpaired) electrons. The number of esters is 1. The van der Waals surface area contributed by atoms with E-state index in [-0.39, 0.29) is 25.2 Å². The molecule has 7 aliphatic heterocycles. The van der Waals surface area contributed by atoms with Crippen LogP contribution in [0.5, 0.6) is 0 Å². The summed E-state index contributed by atoms with van der Waals surface area (Å²) in [4.78, 5) is 15.5. The molecule has 2 bridgehead atoms. The lowest BCUT2D eigenvalue weighted by molar-refractivity contribution is -0.389. The smallest absolute Gasteiger partial charge is 0.314 e. The van der Waals surface area contributed by atoms with Gasteiger partial charge in [0, 0.05) is 0 Å². The van der Waals surface area contributed by atoms with Gasteiger partial charge < -0.3 is 179 Å². The number of rotatable bonds is 21. The van der Waals surface area contributed by atoms with Gasteiger partial charge in [-0.2, -0.15) is 0 Å². The highest BCUT2D eigenvalue weighted by Gasteiger charge is 2.70. The highest BCUT2D eigenvalue weighted by Crippen LogP contribution is 2.74. The van der Waals surface area contributed by atoms with Crippen LogP contribution in [0, 0.1) is 28.1 Å². The van der Waals surface area contributed by atoms with Gasteiger partial charge in [-0.25, -0.2) is 0 Å². The molecule has 576 valence electrons. The van der Waals surface area contributed by atoms with E-state index in [4.69, 9.17) is 61.6 Å². The average molecular weight is 1450 g/mol. The summed E-state index contributed by atoms with van der Waals surface area (Å²) in [6, 6.07) is -1.67. The van der Waals surface area contributed by atoms with Crippen molar-refractivity contribution in [3.05, 3.63) is 12.2 Å². The lowest BCUT2D eigenvalue weighted by Gasteiger charge is -2.64. The molecule has 41 atom stereocenters. The monoisotopic (exact) mass is 1450 g/mol. The number of nitrogens with one attached hydrogen (secondary N) is 1. The Hall–Kier alpha value is -2.23. The second-order valence-corrected chi connectivity index (χ2v) is 29.4. The van der Waals surface area contributed by atoms with Crippen LogP contribution in [-0.2, 0) is 66.4 Å². The molecule has 0 unspecified atom stereocenters. The zero-order valence-electron chi connectivity index (χ0n) is 54.9. The summed E-state index contributed by atoms with van der Waals surface area (Å²) in [5, 5.41) is 252. The summed E-state index contributed by atoms with van der Waals surface area (Å²) in [6.07, 6.45) is -60.1. The van der Waals surface area contributed by atoms with Crippen molar-refractivity contribution >= 4 is 5.97 Å². The first-order chi connectivity index (χ1) is 47.3. The molecule has 0 amide bonds. The highest BCUT2D eigenvalue weighted by atomic mass is 16.8. The second kappa shape index (κ2) is 31.2. The molecule has 24 N–H and O–H groups in total. The fourth-order valence-corrected chi connectivity index (χ4v) is 18.0. The van der Waals surface area contributed by atoms with E-state index >= 15 is 4.79 Å². The third kappa shape index (κ3) is 14.1. The molecule has 38 heteroatoms. The maximum absolute atomic E-state index is 15.5. The summed E-state index contributed by atoms with van der Waals surface area (Å²) in [5.74, 6) is -1.54. The minimum Gasteiger partial charge on any atom is -0.432 e. The topological polar surface area (TPSA) is 614 Å². The number of carbonyl (C=O) groups is 1. The average Bonchev–Trinajstić information content (AvgIpc) is 1.48. The van der Waals surface area contributed by atoms with Crippen LogP contribution in [-0.4, -0.2) is 390 Å². The Morgan fingerprint density at radius 3 is 1.36 bits per heavy atom. The number of carbonyl (C=O) groups excluding carboxylic acids is 1. The Kier molecular flexibility index (Phi) is 24.6. The van der Waals surface area contributed by atoms with E-state index in [1.165, 1.54) is 0 Å². The van der Waals surface area contributed by atoms with Gasteiger partial charge in [-0.05, 0) is 86.5 Å². The number of aliphatic hydroxyl groups excluding tert-OH is 23. The molecule has 38 nitrogen and oxygen atoms in total. The van der Waals surface area contributed by atoms with Gasteiger partial charge in [0.2, 0.25) is 6.29 Å². The number of hydrogen-bond acceptors (Lipinski definition) is 38. The molecule has 100 heavy (non-hydrogen) atoms. The van der Waals surface area contributed by atoms with Crippen molar-refractivity contribution in [2.45, 2.75) is 292 Å². The number of aliphatic hydroxyl groups is 23. The lowest BCUT2D eigenvalue weighted by Crippen LogP contribution is -2.72. The van der Waals surface area contributed by atoms with Gasteiger partial charge in [0.05, 0.1) is 63.3 Å². The standard InChI is InChI=1S/C62H101NO37/c1-20-11-61-9-5-28-59(2,7-4-8-60(28,3)58(87)99-57-50(98-56-47(86)42(81)34(73)24(15-67)94-56)49(37(76)26(17-69)95-57)97-55-46(85)41(80)33(72)23(14-66)93-55)29(61)6-10-62(20,19-61)100-52-30(48(36(75)25(16-68)90-52)96-54-45(84)40(79)32(71)22(13-65)92-54)63-51-43(82)38(77)35(74)27(89-51)18-88-53-44(83)39(78)31(70)21(12-64)91-53/h21-57,63-86H,1,4-19H2,2-3H3/t21-,22-,23-,24-,25-,26-,27-,28+,29+,30-,31-,32-,33-,34-,35-,36-,37-,38+,39+,40+,41+,42+,43-,44-,45-,46-,47-,48-,49+,50-,51-,52+,53-,54+,55+,56+,57+,59-,60-,61-,62+/m1/s1. The molecule has 11 rings (SSSR count). The molecule has 0 aromatic rings. The van der Waals surface area contributed by atoms with Crippen LogP contribution >= 0.6 is 0 Å². The van der Waals surface area contributed by atoms with Crippen molar-refractivity contribution in [1.82, 2.24) is 5.32 Å². The number of ether oxygens (including phenoxy) is 13. The van der Waals surface area contributed by atoms with E-state index in [0.29, 0.717) is 44.1 Å². The summed E-state index contributed by atoms with van der Waals surface area (Å²) in [6.45, 7) is 2.20. The molecule has 7 heterocycles. The van der Waals surface area contributed by atoms with Gasteiger partial charge in [-0.3, -0.25) is 10.1 Å². The zero-order chi connectivity index (χ0) is 72.7. The zero-order valence-corrected chi connectivity index (χ0v) is 54.9. The van der Waals surface area contributed by atoms with Crippen LogP contribution in [0.25, 0.3) is 0 Å². The molecular formula is C62H101NO37. The van der Waals surface area contributed by atoms with E-state index in [9.17, 15) is 117 Å². The number of hydrogen-bond donors (Lipinski definition) is 24. The largest absolute Gasteiger partial charge is 0.432 e. The van der Waals surface area contributed by atoms with Crippen molar-refractivity contribution in [3.63, 3.8) is 0 Å². The molecule has 1 spiro atoms. The minimum atomic E-state index is -2.10. The van der Waals surface area contributed by atoms with E-state index in [2.05, 4.69) is 18.8 Å². The Balaban J connectivity index is 0.861. The summed E-state index contributed by atoms with van der Waals surface area (Å²) >= 11 is 0. The van der Waals surface area contributed by atoms with Crippen LogP contribution in [0.3, 0.4) is 0 Å². The van der Waals surface area contributed by atoms with Crippen LogP contribution in [0.4, 0.5) is 0 Å². The normalized spacial score (nSPS) is 54.5. The molecule has 4 saturated carbocycles. The van der Waals surface area contributed by atoms with Crippen molar-refractivity contribution in [1.29, 1.82) is 0 Å². The van der Waals surface area contributed by atoms with Crippen LogP contribution in [0.2, 0.25) is 0 Å². The predicted octanol–water partition coefficient (Wildman–Crippen LogP) is -12.1. The Labute approximate surface area is 572 Å². The molecule has 0 aromatic carbocycles. The third-order valence-corrected chi connectivity index (χ3v) is 23.6. The van der Waals surface area contributed by atoms with Crippen LogP contribution in [0.1, 0.15) is 71.6 Å². The second-order valence-electron chi connectivity index (χ2n) is 29.4. The lowest BCUT2D eigenvalue weighted by atomic mass is 9.41. The summed E-state index contributed by atoms with van der Waals surface area (Å²) < 4.78 is 78.7. The Morgan fingerprint density at radius 2 is 0.850 bits per heavy atom. The fraction of sp³-hybridized carbons (Fsp3) is 0.952. The maximum atomic E-state index is 15.5. The maximum Gasteiger partial charge on any atom is 0.314 e. The van der Waals surface area contributed by atoms with Crippen molar-refractivity contribution < 1.29 is 184 Å². The Morgan fingerprint density at radius 1 is 0.440 bits per heavy atom. The van der Waals surface area contributed by atoms with Gasteiger partial charge in [-0.1, -0.05) is 19.9 Å². The molecule has 11 aliphatic rings. The summed E-state index contributed by atoms with van der Waals surface area (Å²) in [5.41, 5.74) is -3.44. The first-order valence-electron chi connectivity index (χ1n) is 34.0. The first-order valence-corrected chi connectivity index (χ1v) is 34.0. The van der Waals surface area contributed by atoms with Gasteiger partial charge >= 0.3 is 5.97 Å². The SMILES string of the molecule is C=C1C[C@@]23CC[C@H]4[C@@](C)(CCC[C@@]4(C)C(=O)O[C@@H]4O[C@H](CO)[C@@H](O)[C@H](O[C@@H]5O[C@H](CO)[C@@H](O)[C@H](O)[C@H]5O)[C@H]4O[C@@H]4O[C@H](CO)[C@@H](O)[C@H](O)[C@H]4O)[C@@H]2CC[C@]1(O[C@@H]1O[C@H](CO)[C@@H](O)[C@H](O[C@@H]2O[C@H](CO)[C@@H](O)[C@H](O)[C@H]2O)[C@H]1N[C@@H]1O[C@H](CO[C@@H]2O[C@H](CO)[C@@H](O)[C@H](O)[C@H]2O)[C@@H](O)[C@H](O)[C@H]1O)C3. The molecule has 4 aliphatic carbocycles. The van der Waals surface area contributed by atoms with Crippen molar-refractivity contribution in [2.75, 3.05) is 46.2 Å². The summed E-state index contributed by atoms with van der Waals surface area (Å²) in [7, 11) is 0. The quantitative estimate of drug-likeness (QED) is 0.0288. The van der Waals surface area contributed by atoms with Crippen LogP contribution in [0.15, 0.2) is 12.2 Å². The first kappa shape index (κ1) is 78.8. The Bertz CT molecular complexity index is 2730. The van der Waals surface area contributed by atoms with Crippen LogP contribution < -0.4 is 5.32 Å². The van der Waals surface area contributed by atoms with E-state index in [0.717, 1.165) is 0 Å². The highest BCUT2D eigenvalue weighted by molar-refractivity contribution is 5.77. The molecule has 11 fully saturated rings. The minimum absolute atomic E-state index is 0.197. The van der Waals surface area contributed by atoms with Gasteiger partial charge in [0.1, 0.15) is 165 Å². The van der Waals surface area contributed by atoms with E-state index in [1.807, 2.05) is 0 Å². The van der Waals surface area contributed by atoms with Crippen molar-refractivity contribution in [3.8, 4) is 0 Å². The number of fused-ring (bicyclic) bond motifs is 3. The van der Waals surface area contributed by atoms with Gasteiger partial charge in [0.25, 0.3) is 0 Å². The van der Waals surface area contributed by atoms with Crippen molar-refractivity contribution in [2.24, 2.45) is 28.1 Å². The predicted molar refractivity (Wildman–Crippen MR) is 319 cm³/mol. The van der Waals surface area contributed by atoms with E-state index < -0.39 is 295 Å². The van der Waals surface area contributed by atoms with Gasteiger partial charge in [-0.15, -0.1) is 0 Å². The fourth-order valence-electron chi connectivity index (χ4n) is 18.0. The molecule has 7 saturated heterocycles. The third-order valence-electron chi connectivity index (χ3n) is 23.6. The van der Waals surface area contributed by atoms with E-state index in [1.54, 1.807) is 6.92 Å². The van der Waals surface area contributed by atoms with Gasteiger partial charge in [0.15, 0.2) is 37.6 Å².